The average molecular weight is 610 g/mol. The van der Waals surface area contributed by atoms with Crippen molar-refractivity contribution in [3.8, 4) is 0 Å². The molecule has 2 amide bonds. The zero-order valence-corrected chi connectivity index (χ0v) is 23.3. The second-order valence-electron chi connectivity index (χ2n) is 7.93. The number of β-lactam (4-membered cyclic amide) rings is 1. The van der Waals surface area contributed by atoms with Crippen LogP contribution < -0.4 is 11.1 Å². The molecule has 0 aliphatic carbocycles. The minimum absolute atomic E-state index is 0.0769. The summed E-state index contributed by atoms with van der Waals surface area (Å²) in [5, 5.41) is 29.1. The number of aromatic nitrogens is 5. The van der Waals surface area contributed by atoms with Gasteiger partial charge in [0.25, 0.3) is 11.8 Å². The molecule has 0 spiro atoms. The molecular formula is C21H23N9O7S3. The lowest BCUT2D eigenvalue weighted by Crippen LogP contribution is -2.71. The predicted octanol–water partition coefficient (Wildman–Crippen LogP) is -0.287. The summed E-state index contributed by atoms with van der Waals surface area (Å²) in [7, 11) is 0. The molecule has 2 atom stereocenters. The number of aliphatic carboxylic acids is 1. The van der Waals surface area contributed by atoms with Gasteiger partial charge in [-0.1, -0.05) is 23.0 Å². The van der Waals surface area contributed by atoms with E-state index in [1.54, 1.807) is 13.0 Å². The van der Waals surface area contributed by atoms with Gasteiger partial charge < -0.3 is 25.7 Å². The number of anilines is 1. The summed E-state index contributed by atoms with van der Waals surface area (Å²) in [6.45, 7) is 5.25. The van der Waals surface area contributed by atoms with Crippen LogP contribution >= 0.6 is 34.9 Å². The number of carbonyl (C=O) groups excluding carboxylic acids is 3. The first kappa shape index (κ1) is 29.0. The number of allylic oxidation sites excluding steroid dienone is 1. The van der Waals surface area contributed by atoms with Crippen molar-refractivity contribution < 1.29 is 33.9 Å². The number of ether oxygens (including phenoxy) is 1. The van der Waals surface area contributed by atoms with E-state index in [0.717, 1.165) is 16.2 Å². The van der Waals surface area contributed by atoms with Crippen molar-refractivity contribution >= 4 is 69.5 Å². The Bertz CT molecular complexity index is 1390. The minimum Gasteiger partial charge on any atom is -0.477 e. The van der Waals surface area contributed by atoms with Gasteiger partial charge in [0.1, 0.15) is 22.8 Å². The number of thiazole rings is 1. The van der Waals surface area contributed by atoms with Crippen LogP contribution in [0.4, 0.5) is 5.13 Å². The van der Waals surface area contributed by atoms with Crippen LogP contribution in [0.25, 0.3) is 0 Å². The Morgan fingerprint density at radius 2 is 2.23 bits per heavy atom. The molecule has 40 heavy (non-hydrogen) atoms. The molecule has 19 heteroatoms. The van der Waals surface area contributed by atoms with Crippen LogP contribution in [0.3, 0.4) is 0 Å². The number of hydrogen-bond donors (Lipinski definition) is 3. The molecule has 2 aliphatic rings. The number of carboxylic acids is 1. The molecule has 4 heterocycles. The molecule has 0 bridgehead atoms. The number of amides is 2. The maximum Gasteiger partial charge on any atom is 0.352 e. The Morgan fingerprint density at radius 1 is 1.43 bits per heavy atom. The van der Waals surface area contributed by atoms with Crippen LogP contribution in [0, 0.1) is 0 Å². The molecule has 1 fully saturated rings. The Morgan fingerprint density at radius 3 is 2.90 bits per heavy atom. The number of esters is 1. The van der Waals surface area contributed by atoms with Crippen molar-refractivity contribution in [1.29, 1.82) is 0 Å². The van der Waals surface area contributed by atoms with Crippen molar-refractivity contribution in [3.63, 3.8) is 0 Å². The number of nitrogen functional groups attached to an aromatic ring is 1. The molecule has 1 saturated heterocycles. The largest absolute Gasteiger partial charge is 0.477 e. The van der Waals surface area contributed by atoms with E-state index < -0.39 is 41.8 Å². The number of hydrogen-bond acceptors (Lipinski definition) is 15. The zero-order chi connectivity index (χ0) is 28.8. The number of thioether (sulfide) groups is 2. The maximum absolute atomic E-state index is 13.1. The first-order valence-corrected chi connectivity index (χ1v) is 14.4. The van der Waals surface area contributed by atoms with E-state index in [9.17, 15) is 24.3 Å². The molecule has 0 aromatic carbocycles. The number of nitrogens with zero attached hydrogens (tertiary/aromatic N) is 7. The third kappa shape index (κ3) is 6.26. The highest BCUT2D eigenvalue weighted by Crippen LogP contribution is 2.41. The number of tetrazole rings is 1. The fourth-order valence-electron chi connectivity index (χ4n) is 3.65. The monoisotopic (exact) mass is 609 g/mol. The lowest BCUT2D eigenvalue weighted by atomic mass is 10.0. The van der Waals surface area contributed by atoms with Crippen LogP contribution in [0.5, 0.6) is 0 Å². The number of fused-ring (bicyclic) bond motifs is 1. The van der Waals surface area contributed by atoms with Gasteiger partial charge in [0, 0.05) is 16.9 Å². The number of carbonyl (C=O) groups is 4. The normalized spacial score (nSPS) is 18.6. The topological polar surface area (TPSA) is 217 Å². The van der Waals surface area contributed by atoms with Crippen LogP contribution in [0.15, 0.2) is 39.6 Å². The predicted molar refractivity (Wildman–Crippen MR) is 144 cm³/mol. The SMILES string of the molecule is C=CCn1nnnc1SCC1=C(C(=O)O)N2C(=O)C(NC(=O)/C(=N\OCC(=O)OCC)c3csc(N)n3)[C@H]2SC1. The summed E-state index contributed by atoms with van der Waals surface area (Å²) < 4.78 is 6.28. The fraction of sp³-hybridized carbons (Fsp3) is 0.381. The van der Waals surface area contributed by atoms with E-state index >= 15 is 0 Å². The maximum atomic E-state index is 13.1. The molecular weight excluding hydrogens is 586 g/mol. The molecule has 0 radical (unpaired) electrons. The summed E-state index contributed by atoms with van der Waals surface area (Å²) in [5.74, 6) is -2.84. The van der Waals surface area contributed by atoms with Crippen LogP contribution in [-0.2, 0) is 35.3 Å². The minimum atomic E-state index is -1.27. The van der Waals surface area contributed by atoms with Gasteiger partial charge in [-0.2, -0.15) is 0 Å². The molecule has 1 unspecified atom stereocenters. The van der Waals surface area contributed by atoms with Gasteiger partial charge in [-0.25, -0.2) is 19.3 Å². The van der Waals surface area contributed by atoms with Crippen molar-refractivity contribution in [2.45, 2.75) is 30.0 Å². The average Bonchev–Trinajstić information content (AvgIpc) is 3.56. The van der Waals surface area contributed by atoms with Gasteiger partial charge in [-0.15, -0.1) is 34.8 Å². The van der Waals surface area contributed by atoms with Gasteiger partial charge >= 0.3 is 11.9 Å². The van der Waals surface area contributed by atoms with E-state index in [4.69, 9.17) is 15.3 Å². The lowest BCUT2D eigenvalue weighted by Gasteiger charge is -2.49. The molecule has 16 nitrogen and oxygen atoms in total. The Kier molecular flexibility index (Phi) is 9.38. The quantitative estimate of drug-likeness (QED) is 0.0664. The van der Waals surface area contributed by atoms with Crippen molar-refractivity contribution in [1.82, 2.24) is 35.4 Å². The van der Waals surface area contributed by atoms with Gasteiger partial charge in [-0.3, -0.25) is 14.5 Å². The summed E-state index contributed by atoms with van der Waals surface area (Å²) >= 11 is 3.59. The zero-order valence-electron chi connectivity index (χ0n) is 20.9. The molecule has 4 rings (SSSR count). The van der Waals surface area contributed by atoms with E-state index in [2.05, 4.69) is 37.6 Å². The van der Waals surface area contributed by atoms with Crippen LogP contribution in [-0.4, -0.2) is 101 Å². The second-order valence-corrected chi connectivity index (χ2v) is 10.9. The third-order valence-corrected chi connectivity index (χ3v) is 8.39. The highest BCUT2D eigenvalue weighted by molar-refractivity contribution is 8.01. The molecule has 2 aromatic heterocycles. The summed E-state index contributed by atoms with van der Waals surface area (Å²) in [6.07, 6.45) is 1.63. The number of nitrogens with two attached hydrogens (primary N) is 1. The molecule has 4 N–H and O–H groups in total. The first-order chi connectivity index (χ1) is 19.2. The number of rotatable bonds is 13. The molecule has 2 aromatic rings. The first-order valence-electron chi connectivity index (χ1n) is 11.5. The van der Waals surface area contributed by atoms with Crippen molar-refractivity contribution in [2.75, 3.05) is 30.5 Å². The number of carboxylic acid groups (broad SMARTS) is 1. The van der Waals surface area contributed by atoms with Gasteiger partial charge in [0.15, 0.2) is 10.8 Å². The fourth-order valence-corrected chi connectivity index (χ4v) is 6.56. The van der Waals surface area contributed by atoms with Crippen LogP contribution in [0.2, 0.25) is 0 Å². The molecule has 2 aliphatic heterocycles. The molecule has 0 saturated carbocycles. The Labute approximate surface area is 239 Å². The smallest absolute Gasteiger partial charge is 0.352 e. The summed E-state index contributed by atoms with van der Waals surface area (Å²) in [5.41, 5.74) is 5.81. The Hall–Kier alpha value is -3.97. The molecule has 212 valence electrons. The number of oxime groups is 1. The number of nitrogens with one attached hydrogen (secondary N) is 1. The van der Waals surface area contributed by atoms with Gasteiger partial charge in [0.05, 0.1) is 13.2 Å². The van der Waals surface area contributed by atoms with E-state index in [1.165, 1.54) is 33.6 Å². The second kappa shape index (κ2) is 12.9. The van der Waals surface area contributed by atoms with Crippen molar-refractivity contribution in [2.24, 2.45) is 5.16 Å². The Balaban J connectivity index is 1.47. The summed E-state index contributed by atoms with van der Waals surface area (Å²) in [6, 6.07) is -1.04. The van der Waals surface area contributed by atoms with Gasteiger partial charge in [0.2, 0.25) is 11.8 Å². The van der Waals surface area contributed by atoms with Gasteiger partial charge in [-0.05, 0) is 22.9 Å². The standard InChI is InChI=1S/C21H23N9O7S3/c1-3-5-29-21(25-27-28-29)40-8-10-7-38-18-14(17(33)30(18)15(10)19(34)35)24-16(32)13(11-9-39-20(22)23-11)26-37-6-12(31)36-4-2/h3,9,14,18H,1,4-8H2,2H3,(H2,22,23)(H,24,32)(H,34,35)/b26-13-/t14?,18-/m1/s1. The van der Waals surface area contributed by atoms with E-state index in [-0.39, 0.29) is 34.6 Å². The van der Waals surface area contributed by atoms with E-state index in [1.807, 2.05) is 0 Å². The highest BCUT2D eigenvalue weighted by atomic mass is 32.2. The lowest BCUT2D eigenvalue weighted by molar-refractivity contribution is -0.150. The third-order valence-electron chi connectivity index (χ3n) is 5.34. The van der Waals surface area contributed by atoms with E-state index in [0.29, 0.717) is 23.0 Å². The highest BCUT2D eigenvalue weighted by Gasteiger charge is 2.54. The van der Waals surface area contributed by atoms with Crippen LogP contribution in [0.1, 0.15) is 12.6 Å². The summed E-state index contributed by atoms with van der Waals surface area (Å²) in [4.78, 5) is 60.1. The van der Waals surface area contributed by atoms with Crippen molar-refractivity contribution in [3.05, 3.63) is 35.0 Å².